The molecule has 2 rings (SSSR count). The van der Waals surface area contributed by atoms with Gasteiger partial charge in [-0.05, 0) is 41.3 Å². The molecule has 1 atom stereocenters. The largest absolute Gasteiger partial charge is 0.357 e. The first-order valence-corrected chi connectivity index (χ1v) is 7.55. The summed E-state index contributed by atoms with van der Waals surface area (Å²) in [5.41, 5.74) is 0.317. The number of likely N-dealkylation sites (tertiary alicyclic amines) is 1. The second-order valence-corrected chi connectivity index (χ2v) is 5.89. The molecule has 1 aromatic heterocycles. The molecule has 0 bridgehead atoms. The highest BCUT2D eigenvalue weighted by Crippen LogP contribution is 2.24. The summed E-state index contributed by atoms with van der Waals surface area (Å²) in [5, 5.41) is 2.76. The van der Waals surface area contributed by atoms with Crippen molar-refractivity contribution in [1.82, 2.24) is 15.2 Å². The number of pyridine rings is 1. The lowest BCUT2D eigenvalue weighted by atomic mass is 10.0. The zero-order valence-corrected chi connectivity index (χ0v) is 13.4. The van der Waals surface area contributed by atoms with E-state index in [-0.39, 0.29) is 17.0 Å². The van der Waals surface area contributed by atoms with Crippen LogP contribution in [0, 0.1) is 0 Å². The molecule has 5 nitrogen and oxygen atoms in total. The summed E-state index contributed by atoms with van der Waals surface area (Å²) in [6.07, 6.45) is 4.03. The molecule has 0 radical (unpaired) electrons. The Labute approximate surface area is 130 Å². The van der Waals surface area contributed by atoms with Gasteiger partial charge < -0.3 is 10.2 Å². The fourth-order valence-corrected chi connectivity index (χ4v) is 2.86. The van der Waals surface area contributed by atoms with E-state index in [1.807, 2.05) is 0 Å². The Balaban J connectivity index is 2.30. The van der Waals surface area contributed by atoms with Crippen LogP contribution in [0.3, 0.4) is 0 Å². The van der Waals surface area contributed by atoms with Crippen molar-refractivity contribution in [3.05, 3.63) is 27.5 Å². The third kappa shape index (κ3) is 3.12. The van der Waals surface area contributed by atoms with E-state index in [1.165, 1.54) is 6.20 Å². The number of hydrogen-bond donors (Lipinski definition) is 1. The molecule has 1 aliphatic rings. The maximum Gasteiger partial charge on any atom is 0.257 e. The number of nitrogens with zero attached hydrogens (tertiary/aromatic N) is 2. The monoisotopic (exact) mass is 359 g/mol. The Morgan fingerprint density at radius 3 is 2.95 bits per heavy atom. The van der Waals surface area contributed by atoms with Crippen LogP contribution in [0.15, 0.2) is 16.7 Å². The van der Waals surface area contributed by atoms with Gasteiger partial charge in [0.05, 0.1) is 5.56 Å². The quantitative estimate of drug-likeness (QED) is 0.823. The number of rotatable bonds is 2. The molecule has 2 heterocycles. The third-order valence-corrected chi connectivity index (χ3v) is 4.08. The predicted octanol–water partition coefficient (Wildman–Crippen LogP) is 2.24. The van der Waals surface area contributed by atoms with Crippen molar-refractivity contribution in [1.29, 1.82) is 0 Å². The summed E-state index contributed by atoms with van der Waals surface area (Å²) in [5.74, 6) is -0.394. The summed E-state index contributed by atoms with van der Waals surface area (Å²) in [4.78, 5) is 30.0. The minimum Gasteiger partial charge on any atom is -0.357 e. The van der Waals surface area contributed by atoms with Gasteiger partial charge >= 0.3 is 0 Å². The van der Waals surface area contributed by atoms with E-state index in [2.05, 4.69) is 26.2 Å². The number of likely N-dealkylation sites (N-methyl/N-ethyl adjacent to an activating group) is 1. The molecule has 1 fully saturated rings. The maximum atomic E-state index is 12.6. The van der Waals surface area contributed by atoms with Crippen LogP contribution < -0.4 is 5.32 Å². The zero-order chi connectivity index (χ0) is 14.7. The smallest absolute Gasteiger partial charge is 0.257 e. The zero-order valence-electron chi connectivity index (χ0n) is 11.0. The normalized spacial score (nSPS) is 18.8. The molecular weight excluding hydrogens is 346 g/mol. The molecule has 108 valence electrons. The summed E-state index contributed by atoms with van der Waals surface area (Å²) < 4.78 is 0.679. The van der Waals surface area contributed by atoms with E-state index in [1.54, 1.807) is 18.0 Å². The number of amides is 2. The molecule has 1 aliphatic heterocycles. The molecule has 1 unspecified atom stereocenters. The van der Waals surface area contributed by atoms with Crippen molar-refractivity contribution in [3.63, 3.8) is 0 Å². The highest BCUT2D eigenvalue weighted by atomic mass is 79.9. The van der Waals surface area contributed by atoms with Gasteiger partial charge in [-0.15, -0.1) is 0 Å². The van der Waals surface area contributed by atoms with Gasteiger partial charge in [-0.1, -0.05) is 11.6 Å². The first-order valence-electron chi connectivity index (χ1n) is 6.38. The number of piperidine rings is 1. The van der Waals surface area contributed by atoms with Gasteiger partial charge in [-0.3, -0.25) is 9.59 Å². The molecule has 0 spiro atoms. The van der Waals surface area contributed by atoms with E-state index in [4.69, 9.17) is 11.6 Å². The van der Waals surface area contributed by atoms with Crippen LogP contribution in [0.2, 0.25) is 5.15 Å². The van der Waals surface area contributed by atoms with Gasteiger partial charge in [-0.2, -0.15) is 0 Å². The molecule has 1 saturated heterocycles. The van der Waals surface area contributed by atoms with Crippen molar-refractivity contribution in [2.24, 2.45) is 0 Å². The Hall–Kier alpha value is -1.14. The van der Waals surface area contributed by atoms with E-state index < -0.39 is 6.04 Å². The Morgan fingerprint density at radius 2 is 2.25 bits per heavy atom. The van der Waals surface area contributed by atoms with Crippen molar-refractivity contribution in [3.8, 4) is 0 Å². The summed E-state index contributed by atoms with van der Waals surface area (Å²) >= 11 is 9.27. The minimum absolute atomic E-state index is 0.142. The highest BCUT2D eigenvalue weighted by molar-refractivity contribution is 9.10. The summed E-state index contributed by atoms with van der Waals surface area (Å²) in [6, 6.07) is 1.20. The molecule has 0 aromatic carbocycles. The average Bonchev–Trinajstić information content (AvgIpc) is 2.48. The maximum absolute atomic E-state index is 12.6. The van der Waals surface area contributed by atoms with Crippen molar-refractivity contribution < 1.29 is 9.59 Å². The molecule has 1 N–H and O–H groups in total. The Morgan fingerprint density at radius 1 is 1.50 bits per heavy atom. The van der Waals surface area contributed by atoms with Crippen molar-refractivity contribution in [2.45, 2.75) is 25.3 Å². The van der Waals surface area contributed by atoms with E-state index in [0.717, 1.165) is 12.8 Å². The average molecular weight is 361 g/mol. The van der Waals surface area contributed by atoms with Crippen molar-refractivity contribution >= 4 is 39.3 Å². The van der Waals surface area contributed by atoms with Gasteiger partial charge in [0.25, 0.3) is 5.91 Å². The molecule has 2 amide bonds. The summed E-state index contributed by atoms with van der Waals surface area (Å²) in [7, 11) is 1.58. The van der Waals surface area contributed by atoms with Crippen molar-refractivity contribution in [2.75, 3.05) is 13.6 Å². The molecule has 20 heavy (non-hydrogen) atoms. The topological polar surface area (TPSA) is 62.3 Å². The molecule has 0 aliphatic carbocycles. The first-order chi connectivity index (χ1) is 9.54. The van der Waals surface area contributed by atoms with Crippen LogP contribution in [-0.2, 0) is 4.79 Å². The third-order valence-electron chi connectivity index (χ3n) is 3.35. The SMILES string of the molecule is CNC(=O)C1CCCCN1C(=O)c1cc(Br)cnc1Cl. The van der Waals surface area contributed by atoms with Crippen LogP contribution in [0.25, 0.3) is 0 Å². The highest BCUT2D eigenvalue weighted by Gasteiger charge is 2.33. The number of halogens is 2. The lowest BCUT2D eigenvalue weighted by Gasteiger charge is -2.34. The minimum atomic E-state index is -0.434. The van der Waals surface area contributed by atoms with Gasteiger partial charge in [0.15, 0.2) is 0 Å². The van der Waals surface area contributed by atoms with Crippen LogP contribution >= 0.6 is 27.5 Å². The molecular formula is C13H15BrClN3O2. The molecule has 1 aromatic rings. The lowest BCUT2D eigenvalue weighted by Crippen LogP contribution is -2.51. The second kappa shape index (κ2) is 6.54. The van der Waals surface area contributed by atoms with Gasteiger partial charge in [0, 0.05) is 24.3 Å². The van der Waals surface area contributed by atoms with Gasteiger partial charge in [0.1, 0.15) is 11.2 Å². The van der Waals surface area contributed by atoms with E-state index in [0.29, 0.717) is 23.0 Å². The molecule has 0 saturated carbocycles. The fourth-order valence-electron chi connectivity index (χ4n) is 2.34. The van der Waals surface area contributed by atoms with Crippen LogP contribution in [-0.4, -0.2) is 41.3 Å². The number of aromatic nitrogens is 1. The van der Waals surface area contributed by atoms with Crippen LogP contribution in [0.5, 0.6) is 0 Å². The Bertz CT molecular complexity index is 538. The fraction of sp³-hybridized carbons (Fsp3) is 0.462. The number of nitrogens with one attached hydrogen (secondary N) is 1. The van der Waals surface area contributed by atoms with Gasteiger partial charge in [-0.25, -0.2) is 4.98 Å². The second-order valence-electron chi connectivity index (χ2n) is 4.62. The van der Waals surface area contributed by atoms with E-state index >= 15 is 0 Å². The van der Waals surface area contributed by atoms with E-state index in [9.17, 15) is 9.59 Å². The standard InChI is InChI=1S/C13H15BrClN3O2/c1-16-12(19)10-4-2-3-5-18(10)13(20)9-6-8(14)7-17-11(9)15/h6-7,10H,2-5H2,1H3,(H,16,19). The number of carbonyl (C=O) groups excluding carboxylic acids is 2. The predicted molar refractivity (Wildman–Crippen MR) is 79.7 cm³/mol. The van der Waals surface area contributed by atoms with Gasteiger partial charge in [0.2, 0.25) is 5.91 Å². The molecule has 7 heteroatoms. The van der Waals surface area contributed by atoms with Crippen LogP contribution in [0.1, 0.15) is 29.6 Å². The lowest BCUT2D eigenvalue weighted by molar-refractivity contribution is -0.126. The Kier molecular flexibility index (Phi) is 4.99. The summed E-state index contributed by atoms with van der Waals surface area (Å²) in [6.45, 7) is 0.555. The first kappa shape index (κ1) is 15.3. The van der Waals surface area contributed by atoms with Crippen LogP contribution in [0.4, 0.5) is 0 Å². The number of hydrogen-bond acceptors (Lipinski definition) is 3. The number of carbonyl (C=O) groups is 2.